The molecule has 0 saturated carbocycles. The highest BCUT2D eigenvalue weighted by Gasteiger charge is 2.12. The van der Waals surface area contributed by atoms with Crippen LogP contribution in [0.1, 0.15) is 5.82 Å². The maximum absolute atomic E-state index is 13.8. The van der Waals surface area contributed by atoms with Gasteiger partial charge in [-0.1, -0.05) is 0 Å². The zero-order chi connectivity index (χ0) is 15.4. The fraction of sp³-hybridized carbons (Fsp3) is 0.500. The Balaban J connectivity index is 2.12. The van der Waals surface area contributed by atoms with Crippen LogP contribution in [0.15, 0.2) is 12.1 Å². The average molecular weight is 426 g/mol. The molecule has 0 fully saturated rings. The Morgan fingerprint density at radius 3 is 2.81 bits per heavy atom. The maximum atomic E-state index is 13.8. The van der Waals surface area contributed by atoms with Crippen molar-refractivity contribution in [2.45, 2.75) is 12.4 Å². The zero-order valence-electron chi connectivity index (χ0n) is 12.1. The van der Waals surface area contributed by atoms with Gasteiger partial charge in [-0.15, -0.1) is 11.6 Å². The topological polar surface area (TPSA) is 30.3 Å². The molecule has 0 amide bonds. The monoisotopic (exact) mass is 425 g/mol. The minimum absolute atomic E-state index is 0.237. The van der Waals surface area contributed by atoms with Crippen LogP contribution in [-0.4, -0.2) is 48.3 Å². The van der Waals surface area contributed by atoms with E-state index in [2.05, 4.69) is 9.88 Å². The Morgan fingerprint density at radius 1 is 1.38 bits per heavy atom. The van der Waals surface area contributed by atoms with Gasteiger partial charge in [0.25, 0.3) is 0 Å². The van der Waals surface area contributed by atoms with Crippen LogP contribution in [0.2, 0.25) is 0 Å². The van der Waals surface area contributed by atoms with Gasteiger partial charge in [-0.2, -0.15) is 0 Å². The SMILES string of the molecule is CN(C)CCOCCn1c(CCl)nc2cc(I)c(F)cc21. The molecule has 0 unspecified atom stereocenters. The van der Waals surface area contributed by atoms with Crippen LogP contribution in [0.3, 0.4) is 0 Å². The van der Waals surface area contributed by atoms with Crippen LogP contribution < -0.4 is 0 Å². The van der Waals surface area contributed by atoms with Crippen molar-refractivity contribution in [2.75, 3.05) is 33.9 Å². The molecule has 21 heavy (non-hydrogen) atoms. The molecule has 0 spiro atoms. The first-order chi connectivity index (χ1) is 10.0. The van der Waals surface area contributed by atoms with Crippen molar-refractivity contribution in [3.63, 3.8) is 0 Å². The molecule has 0 aliphatic carbocycles. The van der Waals surface area contributed by atoms with Crippen LogP contribution in [-0.2, 0) is 17.2 Å². The number of ether oxygens (including phenoxy) is 1. The van der Waals surface area contributed by atoms with E-state index in [4.69, 9.17) is 16.3 Å². The standard InChI is InChI=1S/C14H18ClFIN3O/c1-19(2)3-5-21-6-4-20-13-7-10(16)11(17)8-12(13)18-14(20)9-15/h7-8H,3-6,9H2,1-2H3. The second kappa shape index (κ2) is 7.71. The van der Waals surface area contributed by atoms with Gasteiger partial charge in [-0.25, -0.2) is 9.37 Å². The second-order valence-electron chi connectivity index (χ2n) is 4.98. The van der Waals surface area contributed by atoms with E-state index >= 15 is 0 Å². The zero-order valence-corrected chi connectivity index (χ0v) is 15.0. The summed E-state index contributed by atoms with van der Waals surface area (Å²) in [4.78, 5) is 6.52. The number of imidazole rings is 1. The number of halogens is 3. The summed E-state index contributed by atoms with van der Waals surface area (Å²) in [5.74, 6) is 0.799. The van der Waals surface area contributed by atoms with E-state index in [1.807, 2.05) is 41.3 Å². The largest absolute Gasteiger partial charge is 0.378 e. The van der Waals surface area contributed by atoms with Crippen LogP contribution >= 0.6 is 34.2 Å². The highest BCUT2D eigenvalue weighted by Crippen LogP contribution is 2.22. The summed E-state index contributed by atoms with van der Waals surface area (Å²) < 4.78 is 21.8. The number of fused-ring (bicyclic) bond motifs is 1. The molecule has 0 saturated heterocycles. The number of hydrogen-bond acceptors (Lipinski definition) is 3. The first kappa shape index (κ1) is 16.9. The van der Waals surface area contributed by atoms with Gasteiger partial charge in [-0.3, -0.25) is 0 Å². The van der Waals surface area contributed by atoms with Crippen LogP contribution in [0.25, 0.3) is 11.0 Å². The van der Waals surface area contributed by atoms with Crippen molar-refractivity contribution in [1.82, 2.24) is 14.5 Å². The number of benzene rings is 1. The minimum Gasteiger partial charge on any atom is -0.378 e. The summed E-state index contributed by atoms with van der Waals surface area (Å²) in [6.45, 7) is 2.71. The summed E-state index contributed by atoms with van der Waals surface area (Å²) in [5, 5.41) is 0. The lowest BCUT2D eigenvalue weighted by molar-refractivity contribution is 0.111. The number of nitrogens with zero attached hydrogens (tertiary/aromatic N) is 3. The van der Waals surface area contributed by atoms with Gasteiger partial charge in [-0.05, 0) is 42.8 Å². The fourth-order valence-corrected chi connectivity index (χ4v) is 2.68. The van der Waals surface area contributed by atoms with E-state index in [-0.39, 0.29) is 5.82 Å². The lowest BCUT2D eigenvalue weighted by atomic mass is 10.3. The summed E-state index contributed by atoms with van der Waals surface area (Å²) in [6.07, 6.45) is 0. The molecule has 0 atom stereocenters. The Kier molecular flexibility index (Phi) is 6.21. The minimum atomic E-state index is -0.237. The predicted molar refractivity (Wildman–Crippen MR) is 91.3 cm³/mol. The van der Waals surface area contributed by atoms with E-state index in [1.165, 1.54) is 6.07 Å². The number of likely N-dealkylation sites (N-methyl/N-ethyl adjacent to an activating group) is 1. The van der Waals surface area contributed by atoms with Crippen LogP contribution in [0.4, 0.5) is 4.39 Å². The molecule has 0 bridgehead atoms. The highest BCUT2D eigenvalue weighted by atomic mass is 127. The molecule has 116 valence electrons. The van der Waals surface area contributed by atoms with Crippen molar-refractivity contribution >= 4 is 45.2 Å². The summed E-state index contributed by atoms with van der Waals surface area (Å²) in [7, 11) is 4.01. The maximum Gasteiger partial charge on any atom is 0.138 e. The quantitative estimate of drug-likeness (QED) is 0.388. The van der Waals surface area contributed by atoms with Crippen LogP contribution in [0, 0.1) is 9.39 Å². The normalized spacial score (nSPS) is 11.7. The molecule has 1 heterocycles. The van der Waals surface area contributed by atoms with E-state index in [0.717, 1.165) is 23.4 Å². The van der Waals surface area contributed by atoms with Gasteiger partial charge in [0.15, 0.2) is 0 Å². The molecule has 2 rings (SSSR count). The molecule has 0 radical (unpaired) electrons. The second-order valence-corrected chi connectivity index (χ2v) is 6.41. The van der Waals surface area contributed by atoms with Gasteiger partial charge >= 0.3 is 0 Å². The molecule has 0 N–H and O–H groups in total. The molecule has 1 aromatic carbocycles. The van der Waals surface area contributed by atoms with Gasteiger partial charge in [0.05, 0.1) is 33.7 Å². The van der Waals surface area contributed by atoms with E-state index in [0.29, 0.717) is 29.2 Å². The van der Waals surface area contributed by atoms with E-state index in [9.17, 15) is 4.39 Å². The summed E-state index contributed by atoms with van der Waals surface area (Å²) in [6, 6.07) is 3.25. The molecule has 4 nitrogen and oxygen atoms in total. The Labute approximate surface area is 142 Å². The predicted octanol–water partition coefficient (Wildman–Crippen LogP) is 3.10. The molecule has 2 aromatic rings. The lowest BCUT2D eigenvalue weighted by Gasteiger charge is -2.11. The van der Waals surface area contributed by atoms with E-state index < -0.39 is 0 Å². The van der Waals surface area contributed by atoms with Gasteiger partial charge in [0.2, 0.25) is 0 Å². The highest BCUT2D eigenvalue weighted by molar-refractivity contribution is 14.1. The molecular formula is C14H18ClFIN3O. The third kappa shape index (κ3) is 4.28. The Morgan fingerprint density at radius 2 is 2.14 bits per heavy atom. The average Bonchev–Trinajstić information content (AvgIpc) is 2.76. The first-order valence-electron chi connectivity index (χ1n) is 6.65. The first-order valence-corrected chi connectivity index (χ1v) is 8.27. The lowest BCUT2D eigenvalue weighted by Crippen LogP contribution is -2.19. The van der Waals surface area contributed by atoms with Crippen LogP contribution in [0.5, 0.6) is 0 Å². The Hall–Kier alpha value is -0.440. The van der Waals surface area contributed by atoms with Crippen molar-refractivity contribution in [3.05, 3.63) is 27.3 Å². The third-order valence-corrected chi connectivity index (χ3v) is 4.20. The molecule has 0 aliphatic heterocycles. The van der Waals surface area contributed by atoms with E-state index in [1.54, 1.807) is 6.07 Å². The Bertz CT molecular complexity index is 618. The van der Waals surface area contributed by atoms with Crippen molar-refractivity contribution < 1.29 is 9.13 Å². The van der Waals surface area contributed by atoms with Crippen molar-refractivity contribution in [2.24, 2.45) is 0 Å². The van der Waals surface area contributed by atoms with Gasteiger partial charge < -0.3 is 14.2 Å². The van der Waals surface area contributed by atoms with Crippen molar-refractivity contribution in [3.8, 4) is 0 Å². The fourth-order valence-electron chi connectivity index (χ4n) is 2.03. The molecule has 0 aliphatic rings. The third-order valence-electron chi connectivity index (χ3n) is 3.13. The molecule has 1 aromatic heterocycles. The molecule has 7 heteroatoms. The van der Waals surface area contributed by atoms with Gasteiger partial charge in [0.1, 0.15) is 11.6 Å². The number of alkyl halides is 1. The van der Waals surface area contributed by atoms with Crippen molar-refractivity contribution in [1.29, 1.82) is 0 Å². The molecular weight excluding hydrogens is 408 g/mol. The smallest absolute Gasteiger partial charge is 0.138 e. The summed E-state index contributed by atoms with van der Waals surface area (Å²) in [5.41, 5.74) is 1.53. The number of hydrogen-bond donors (Lipinski definition) is 0. The number of aromatic nitrogens is 2. The summed E-state index contributed by atoms with van der Waals surface area (Å²) >= 11 is 7.90. The van der Waals surface area contributed by atoms with Gasteiger partial charge in [0, 0.05) is 19.2 Å². The number of rotatable bonds is 7.